The molecule has 0 radical (unpaired) electrons. The number of halogens is 1. The standard InChI is InChI=1S/C14H14BrNO2/c1-17-14-4-2-11(3-5-14)9-18-10-12-6-13(15)8-16-7-12/h2-8H,9-10H2,1H3. The van der Waals surface area contributed by atoms with Crippen LogP contribution in [-0.4, -0.2) is 12.1 Å². The van der Waals surface area contributed by atoms with E-state index >= 15 is 0 Å². The largest absolute Gasteiger partial charge is 0.497 e. The summed E-state index contributed by atoms with van der Waals surface area (Å²) in [4.78, 5) is 4.09. The van der Waals surface area contributed by atoms with Crippen LogP contribution in [0.2, 0.25) is 0 Å². The SMILES string of the molecule is COc1ccc(COCc2cncc(Br)c2)cc1. The number of aromatic nitrogens is 1. The van der Waals surface area contributed by atoms with Crippen LogP contribution < -0.4 is 4.74 Å². The van der Waals surface area contributed by atoms with Crippen molar-refractivity contribution in [1.29, 1.82) is 0 Å². The van der Waals surface area contributed by atoms with E-state index in [-0.39, 0.29) is 0 Å². The van der Waals surface area contributed by atoms with Crippen molar-refractivity contribution < 1.29 is 9.47 Å². The molecule has 3 nitrogen and oxygen atoms in total. The molecule has 0 saturated heterocycles. The lowest BCUT2D eigenvalue weighted by molar-refractivity contribution is 0.107. The highest BCUT2D eigenvalue weighted by atomic mass is 79.9. The maximum atomic E-state index is 5.63. The third kappa shape index (κ3) is 3.82. The summed E-state index contributed by atoms with van der Waals surface area (Å²) in [6, 6.07) is 9.86. The van der Waals surface area contributed by atoms with Gasteiger partial charge in [0.05, 0.1) is 20.3 Å². The van der Waals surface area contributed by atoms with Gasteiger partial charge in [-0.15, -0.1) is 0 Å². The van der Waals surface area contributed by atoms with Crippen molar-refractivity contribution >= 4 is 15.9 Å². The highest BCUT2D eigenvalue weighted by Crippen LogP contribution is 2.14. The molecule has 18 heavy (non-hydrogen) atoms. The second-order valence-electron chi connectivity index (χ2n) is 3.85. The lowest BCUT2D eigenvalue weighted by Crippen LogP contribution is -1.95. The minimum Gasteiger partial charge on any atom is -0.497 e. The first-order valence-electron chi connectivity index (χ1n) is 5.58. The van der Waals surface area contributed by atoms with Gasteiger partial charge in [0, 0.05) is 16.9 Å². The molecular weight excluding hydrogens is 294 g/mol. The Labute approximate surface area is 115 Å². The van der Waals surface area contributed by atoms with Gasteiger partial charge in [0.25, 0.3) is 0 Å². The Balaban J connectivity index is 1.84. The van der Waals surface area contributed by atoms with Crippen molar-refractivity contribution in [2.24, 2.45) is 0 Å². The van der Waals surface area contributed by atoms with Crippen LogP contribution in [-0.2, 0) is 18.0 Å². The first-order chi connectivity index (χ1) is 8.78. The zero-order valence-electron chi connectivity index (χ0n) is 10.1. The van der Waals surface area contributed by atoms with Crippen molar-refractivity contribution in [2.75, 3.05) is 7.11 Å². The van der Waals surface area contributed by atoms with Crippen LogP contribution in [0.3, 0.4) is 0 Å². The Bertz CT molecular complexity index is 499. The molecule has 0 atom stereocenters. The molecule has 0 fully saturated rings. The average Bonchev–Trinajstić information content (AvgIpc) is 2.40. The summed E-state index contributed by atoms with van der Waals surface area (Å²) in [7, 11) is 1.66. The van der Waals surface area contributed by atoms with Crippen LogP contribution in [0.25, 0.3) is 0 Å². The molecule has 0 unspecified atom stereocenters. The molecule has 0 aliphatic heterocycles. The summed E-state index contributed by atoms with van der Waals surface area (Å²) in [5, 5.41) is 0. The molecule has 0 amide bonds. The van der Waals surface area contributed by atoms with Crippen molar-refractivity contribution in [2.45, 2.75) is 13.2 Å². The Morgan fingerprint density at radius 2 is 1.78 bits per heavy atom. The maximum absolute atomic E-state index is 5.63. The summed E-state index contributed by atoms with van der Waals surface area (Å²) < 4.78 is 11.7. The molecule has 1 aromatic carbocycles. The van der Waals surface area contributed by atoms with Crippen LogP contribution in [0.5, 0.6) is 5.75 Å². The van der Waals surface area contributed by atoms with Crippen LogP contribution in [0.15, 0.2) is 47.2 Å². The second-order valence-corrected chi connectivity index (χ2v) is 4.77. The molecule has 94 valence electrons. The third-order valence-electron chi connectivity index (χ3n) is 2.46. The van der Waals surface area contributed by atoms with Gasteiger partial charge in [-0.2, -0.15) is 0 Å². The fraction of sp³-hybridized carbons (Fsp3) is 0.214. The van der Waals surface area contributed by atoms with Crippen LogP contribution in [0, 0.1) is 0 Å². The number of methoxy groups -OCH3 is 1. The smallest absolute Gasteiger partial charge is 0.118 e. The minimum absolute atomic E-state index is 0.554. The molecular formula is C14H14BrNO2. The molecule has 0 aliphatic rings. The Kier molecular flexibility index (Phi) is 4.73. The van der Waals surface area contributed by atoms with E-state index in [1.807, 2.05) is 30.3 Å². The van der Waals surface area contributed by atoms with Gasteiger partial charge in [-0.25, -0.2) is 0 Å². The lowest BCUT2D eigenvalue weighted by Gasteiger charge is -2.05. The topological polar surface area (TPSA) is 31.4 Å². The van der Waals surface area contributed by atoms with E-state index < -0.39 is 0 Å². The zero-order valence-corrected chi connectivity index (χ0v) is 11.7. The fourth-order valence-corrected chi connectivity index (χ4v) is 1.96. The molecule has 1 heterocycles. The molecule has 0 N–H and O–H groups in total. The van der Waals surface area contributed by atoms with Gasteiger partial charge in [0.1, 0.15) is 5.75 Å². The fourth-order valence-electron chi connectivity index (χ4n) is 1.54. The van der Waals surface area contributed by atoms with Crippen LogP contribution in [0.4, 0.5) is 0 Å². The highest BCUT2D eigenvalue weighted by Gasteiger charge is 1.97. The molecule has 0 aliphatic carbocycles. The summed E-state index contributed by atoms with van der Waals surface area (Å²) >= 11 is 3.38. The predicted octanol–water partition coefficient (Wildman–Crippen LogP) is 3.57. The lowest BCUT2D eigenvalue weighted by atomic mass is 10.2. The summed E-state index contributed by atoms with van der Waals surface area (Å²) in [6.45, 7) is 1.13. The Hall–Kier alpha value is -1.39. The number of benzene rings is 1. The third-order valence-corrected chi connectivity index (χ3v) is 2.89. The average molecular weight is 308 g/mol. The normalized spacial score (nSPS) is 10.3. The first-order valence-corrected chi connectivity index (χ1v) is 6.37. The number of hydrogen-bond acceptors (Lipinski definition) is 3. The van der Waals surface area contributed by atoms with Crippen molar-refractivity contribution in [3.05, 3.63) is 58.3 Å². The second kappa shape index (κ2) is 6.52. The van der Waals surface area contributed by atoms with Crippen LogP contribution in [0.1, 0.15) is 11.1 Å². The van der Waals surface area contributed by atoms with Gasteiger partial charge in [-0.05, 0) is 45.3 Å². The molecule has 2 rings (SSSR count). The Morgan fingerprint density at radius 3 is 2.44 bits per heavy atom. The van der Waals surface area contributed by atoms with Crippen molar-refractivity contribution in [1.82, 2.24) is 4.98 Å². The first kappa shape index (κ1) is 13.1. The van der Waals surface area contributed by atoms with Crippen LogP contribution >= 0.6 is 15.9 Å². The van der Waals surface area contributed by atoms with E-state index in [1.165, 1.54) is 0 Å². The number of nitrogens with zero attached hydrogens (tertiary/aromatic N) is 1. The van der Waals surface area contributed by atoms with Gasteiger partial charge in [0.2, 0.25) is 0 Å². The number of pyridine rings is 1. The molecule has 2 aromatic rings. The summed E-state index contributed by atoms with van der Waals surface area (Å²) in [6.07, 6.45) is 3.56. The number of rotatable bonds is 5. The van der Waals surface area contributed by atoms with Gasteiger partial charge in [-0.3, -0.25) is 4.98 Å². The van der Waals surface area contributed by atoms with Gasteiger partial charge in [-0.1, -0.05) is 12.1 Å². The number of hydrogen-bond donors (Lipinski definition) is 0. The van der Waals surface area contributed by atoms with E-state index in [2.05, 4.69) is 20.9 Å². The monoisotopic (exact) mass is 307 g/mol. The highest BCUT2D eigenvalue weighted by molar-refractivity contribution is 9.10. The summed E-state index contributed by atoms with van der Waals surface area (Å²) in [5.74, 6) is 0.856. The Morgan fingerprint density at radius 1 is 1.06 bits per heavy atom. The van der Waals surface area contributed by atoms with Gasteiger partial charge >= 0.3 is 0 Å². The van der Waals surface area contributed by atoms with E-state index in [9.17, 15) is 0 Å². The number of ether oxygens (including phenoxy) is 2. The van der Waals surface area contributed by atoms with E-state index in [0.29, 0.717) is 13.2 Å². The summed E-state index contributed by atoms with van der Waals surface area (Å²) in [5.41, 5.74) is 2.18. The van der Waals surface area contributed by atoms with E-state index in [1.54, 1.807) is 19.5 Å². The van der Waals surface area contributed by atoms with E-state index in [4.69, 9.17) is 9.47 Å². The van der Waals surface area contributed by atoms with Crippen molar-refractivity contribution in [3.8, 4) is 5.75 Å². The molecule has 0 saturated carbocycles. The van der Waals surface area contributed by atoms with Gasteiger partial charge in [0.15, 0.2) is 0 Å². The molecule has 1 aromatic heterocycles. The minimum atomic E-state index is 0.554. The van der Waals surface area contributed by atoms with E-state index in [0.717, 1.165) is 21.3 Å². The quantitative estimate of drug-likeness (QED) is 0.846. The van der Waals surface area contributed by atoms with Gasteiger partial charge < -0.3 is 9.47 Å². The zero-order chi connectivity index (χ0) is 12.8. The molecule has 0 spiro atoms. The molecule has 4 heteroatoms. The van der Waals surface area contributed by atoms with Crippen molar-refractivity contribution in [3.63, 3.8) is 0 Å². The molecule has 0 bridgehead atoms. The maximum Gasteiger partial charge on any atom is 0.118 e. The predicted molar refractivity (Wildman–Crippen MR) is 73.4 cm³/mol.